The van der Waals surface area contributed by atoms with Gasteiger partial charge in [-0.3, -0.25) is 9.78 Å². The quantitative estimate of drug-likeness (QED) is 0.547. The number of hydrogen-bond donors (Lipinski definition) is 1. The van der Waals surface area contributed by atoms with Gasteiger partial charge in [-0.05, 0) is 60.9 Å². The van der Waals surface area contributed by atoms with Crippen LogP contribution in [0.25, 0.3) is 6.08 Å². The van der Waals surface area contributed by atoms with Crippen LogP contribution in [-0.4, -0.2) is 40.5 Å². The highest BCUT2D eigenvalue weighted by Gasteiger charge is 2.44. The lowest BCUT2D eigenvalue weighted by Crippen LogP contribution is -2.46. The highest BCUT2D eigenvalue weighted by molar-refractivity contribution is 5.95. The summed E-state index contributed by atoms with van der Waals surface area (Å²) in [5.74, 6) is -0.213. The Morgan fingerprint density at radius 3 is 2.40 bits per heavy atom. The monoisotopic (exact) mass is 479 g/mol. The normalized spacial score (nSPS) is 17.3. The molecule has 35 heavy (non-hydrogen) atoms. The number of piperidine rings is 1. The lowest BCUT2D eigenvalue weighted by molar-refractivity contribution is -0.142. The van der Waals surface area contributed by atoms with Gasteiger partial charge in [-0.25, -0.2) is 0 Å². The zero-order valence-electron chi connectivity index (χ0n) is 18.9. The first-order valence-electron chi connectivity index (χ1n) is 11.4. The number of rotatable bonds is 3. The molecular weight excluding hydrogens is 455 g/mol. The molecule has 1 fully saturated rings. The zero-order chi connectivity index (χ0) is 24.6. The van der Waals surface area contributed by atoms with Crippen molar-refractivity contribution in [3.8, 4) is 0 Å². The number of amides is 1. The maximum Gasteiger partial charge on any atom is 0.418 e. The van der Waals surface area contributed by atoms with Crippen LogP contribution in [0.3, 0.4) is 0 Å². The van der Waals surface area contributed by atoms with Crippen molar-refractivity contribution in [2.45, 2.75) is 24.6 Å². The topological polar surface area (TPSA) is 56.7 Å². The summed E-state index contributed by atoms with van der Waals surface area (Å²) < 4.78 is 40.3. The second-order valence-corrected chi connectivity index (χ2v) is 8.84. The number of para-hydroxylation sites is 1. The zero-order valence-corrected chi connectivity index (χ0v) is 18.9. The number of nitrogens with zero attached hydrogens (tertiary/aromatic N) is 3. The molecule has 3 aromatic rings. The Morgan fingerprint density at radius 2 is 1.69 bits per heavy atom. The fourth-order valence-corrected chi connectivity index (χ4v) is 4.79. The average molecular weight is 480 g/mol. The summed E-state index contributed by atoms with van der Waals surface area (Å²) in [5, 5.41) is 11.0. The van der Waals surface area contributed by atoms with Crippen LogP contribution in [0.5, 0.6) is 0 Å². The minimum absolute atomic E-state index is 0.0200. The molecule has 180 valence electrons. The summed E-state index contributed by atoms with van der Waals surface area (Å²) in [7, 11) is 0. The second-order valence-electron chi connectivity index (χ2n) is 8.84. The third kappa shape index (κ3) is 4.41. The molecule has 8 heteroatoms. The van der Waals surface area contributed by atoms with Crippen molar-refractivity contribution in [1.29, 1.82) is 0 Å². The highest BCUT2D eigenvalue weighted by Crippen LogP contribution is 2.40. The number of aromatic nitrogens is 1. The average Bonchev–Trinajstić information content (AvgIpc) is 2.88. The number of pyridine rings is 1. The summed E-state index contributed by atoms with van der Waals surface area (Å²) in [4.78, 5) is 20.7. The Balaban J connectivity index is 1.29. The molecule has 2 aliphatic rings. The Morgan fingerprint density at radius 1 is 0.971 bits per heavy atom. The van der Waals surface area contributed by atoms with E-state index in [2.05, 4.69) is 34.2 Å². The minimum Gasteiger partial charge on any atom is -0.383 e. The van der Waals surface area contributed by atoms with E-state index in [4.69, 9.17) is 0 Å². The fourth-order valence-electron chi connectivity index (χ4n) is 4.79. The Kier molecular flexibility index (Phi) is 5.84. The van der Waals surface area contributed by atoms with Crippen LogP contribution in [-0.2, 0) is 11.8 Å². The van der Waals surface area contributed by atoms with Gasteiger partial charge in [-0.15, -0.1) is 0 Å². The van der Waals surface area contributed by atoms with E-state index in [-0.39, 0.29) is 37.5 Å². The third-order valence-corrected chi connectivity index (χ3v) is 6.67. The minimum atomic E-state index is -4.61. The third-order valence-electron chi connectivity index (χ3n) is 6.67. The Hall–Kier alpha value is -3.65. The van der Waals surface area contributed by atoms with E-state index in [1.165, 1.54) is 12.3 Å². The van der Waals surface area contributed by atoms with E-state index in [1.54, 1.807) is 17.0 Å². The standard InChI is InChI=1S/C27H24F3N3O2/c28-27(29,30)22-7-3-15-31-24(22)26(35)13-17-32(18-14-26)25(34)20-9-11-21(12-10-20)33-16-4-6-19-5-1-2-8-23(19)33/h1-12,15,35H,13-14,16-18H2. The molecule has 2 aliphatic heterocycles. The van der Waals surface area contributed by atoms with Crippen LogP contribution in [0.1, 0.15) is 40.0 Å². The summed E-state index contributed by atoms with van der Waals surface area (Å²) >= 11 is 0. The molecule has 0 spiro atoms. The van der Waals surface area contributed by atoms with Gasteiger partial charge in [0.05, 0.1) is 11.3 Å². The number of alkyl halides is 3. The number of halogens is 3. The number of carbonyl (C=O) groups is 1. The van der Waals surface area contributed by atoms with Gasteiger partial charge in [0.2, 0.25) is 0 Å². The van der Waals surface area contributed by atoms with Gasteiger partial charge >= 0.3 is 6.18 Å². The molecule has 0 radical (unpaired) electrons. The molecule has 5 nitrogen and oxygen atoms in total. The summed E-state index contributed by atoms with van der Waals surface area (Å²) in [5.41, 5.74) is 0.627. The van der Waals surface area contributed by atoms with Gasteiger partial charge < -0.3 is 14.9 Å². The summed E-state index contributed by atoms with van der Waals surface area (Å²) in [6.45, 7) is 0.993. The number of benzene rings is 2. The van der Waals surface area contributed by atoms with Crippen LogP contribution in [0.4, 0.5) is 24.5 Å². The summed E-state index contributed by atoms with van der Waals surface area (Å²) in [6.07, 6.45) is 0.768. The Bertz CT molecular complexity index is 1260. The predicted molar refractivity (Wildman–Crippen MR) is 127 cm³/mol. The molecule has 1 amide bonds. The van der Waals surface area contributed by atoms with E-state index in [9.17, 15) is 23.1 Å². The molecule has 0 aliphatic carbocycles. The predicted octanol–water partition coefficient (Wildman–Crippen LogP) is 5.39. The lowest BCUT2D eigenvalue weighted by Gasteiger charge is -2.38. The van der Waals surface area contributed by atoms with Crippen LogP contribution >= 0.6 is 0 Å². The Labute approximate surface area is 201 Å². The molecule has 1 N–H and O–H groups in total. The first kappa shape index (κ1) is 23.1. The first-order valence-corrected chi connectivity index (χ1v) is 11.4. The van der Waals surface area contributed by atoms with E-state index in [0.717, 1.165) is 29.5 Å². The number of hydrogen-bond acceptors (Lipinski definition) is 4. The molecule has 0 bridgehead atoms. The van der Waals surface area contributed by atoms with Gasteiger partial charge in [0.1, 0.15) is 5.60 Å². The van der Waals surface area contributed by atoms with Crippen molar-refractivity contribution in [3.63, 3.8) is 0 Å². The maximum atomic E-state index is 13.4. The van der Waals surface area contributed by atoms with Gasteiger partial charge in [-0.2, -0.15) is 13.2 Å². The highest BCUT2D eigenvalue weighted by atomic mass is 19.4. The number of anilines is 2. The number of likely N-dealkylation sites (tertiary alicyclic amines) is 1. The number of carbonyl (C=O) groups excluding carboxylic acids is 1. The van der Waals surface area contributed by atoms with E-state index in [0.29, 0.717) is 5.56 Å². The molecule has 1 saturated heterocycles. The van der Waals surface area contributed by atoms with Crippen LogP contribution in [0.15, 0.2) is 72.9 Å². The van der Waals surface area contributed by atoms with Crippen molar-refractivity contribution in [3.05, 3.63) is 95.3 Å². The van der Waals surface area contributed by atoms with Crippen molar-refractivity contribution in [2.75, 3.05) is 24.5 Å². The van der Waals surface area contributed by atoms with E-state index in [1.807, 2.05) is 24.3 Å². The molecule has 0 atom stereocenters. The lowest BCUT2D eigenvalue weighted by atomic mass is 9.85. The molecular formula is C27H24F3N3O2. The van der Waals surface area contributed by atoms with Crippen LogP contribution in [0, 0.1) is 0 Å². The molecule has 2 aromatic carbocycles. The van der Waals surface area contributed by atoms with Crippen molar-refractivity contribution < 1.29 is 23.1 Å². The van der Waals surface area contributed by atoms with Crippen molar-refractivity contribution >= 4 is 23.4 Å². The molecule has 3 heterocycles. The van der Waals surface area contributed by atoms with Gasteiger partial charge in [-0.1, -0.05) is 30.4 Å². The maximum absolute atomic E-state index is 13.4. The van der Waals surface area contributed by atoms with Gasteiger partial charge in [0, 0.05) is 42.8 Å². The van der Waals surface area contributed by atoms with Gasteiger partial charge in [0.25, 0.3) is 5.91 Å². The fraction of sp³-hybridized carbons (Fsp3) is 0.259. The molecule has 1 aromatic heterocycles. The SMILES string of the molecule is O=C(c1ccc(N2CC=Cc3ccccc32)cc1)N1CCC(O)(c2ncccc2C(F)(F)F)CC1. The van der Waals surface area contributed by atoms with E-state index >= 15 is 0 Å². The second kappa shape index (κ2) is 8.85. The molecule has 5 rings (SSSR count). The number of fused-ring (bicyclic) bond motifs is 1. The van der Waals surface area contributed by atoms with Crippen molar-refractivity contribution in [1.82, 2.24) is 9.88 Å². The smallest absolute Gasteiger partial charge is 0.383 e. The largest absolute Gasteiger partial charge is 0.418 e. The van der Waals surface area contributed by atoms with Crippen LogP contribution in [0.2, 0.25) is 0 Å². The first-order chi connectivity index (χ1) is 16.8. The van der Waals surface area contributed by atoms with Crippen LogP contribution < -0.4 is 4.90 Å². The summed E-state index contributed by atoms with van der Waals surface area (Å²) in [6, 6.07) is 17.5. The molecule has 0 saturated carbocycles. The van der Waals surface area contributed by atoms with E-state index < -0.39 is 17.3 Å². The number of aliphatic hydroxyl groups is 1. The van der Waals surface area contributed by atoms with Crippen molar-refractivity contribution in [2.24, 2.45) is 0 Å². The molecule has 0 unspecified atom stereocenters. The van der Waals surface area contributed by atoms with Gasteiger partial charge in [0.15, 0.2) is 0 Å².